The lowest BCUT2D eigenvalue weighted by molar-refractivity contribution is 0.0523. The van der Waals surface area contributed by atoms with Crippen molar-refractivity contribution in [1.29, 1.82) is 0 Å². The van der Waals surface area contributed by atoms with Gasteiger partial charge in [-0.05, 0) is 45.2 Å². The molecular weight excluding hydrogens is 314 g/mol. The van der Waals surface area contributed by atoms with Crippen LogP contribution in [0.1, 0.15) is 62.7 Å². The Balaban J connectivity index is 2.52. The van der Waals surface area contributed by atoms with Crippen LogP contribution in [0.25, 0.3) is 10.2 Å². The maximum atomic E-state index is 12.4. The lowest BCUT2D eigenvalue weighted by atomic mass is 10.1. The Morgan fingerprint density at radius 2 is 1.96 bits per heavy atom. The first-order valence-electron chi connectivity index (χ1n) is 7.69. The van der Waals surface area contributed by atoms with Crippen molar-refractivity contribution in [3.05, 3.63) is 22.7 Å². The highest BCUT2D eigenvalue weighted by Gasteiger charge is 2.24. The molecular formula is C17H23NO4S. The van der Waals surface area contributed by atoms with Crippen LogP contribution < -0.4 is 0 Å². The Bertz CT molecular complexity index is 734. The number of esters is 1. The number of aromatic nitrogens is 1. The van der Waals surface area contributed by atoms with Gasteiger partial charge in [-0.15, -0.1) is 11.3 Å². The zero-order valence-corrected chi connectivity index (χ0v) is 15.2. The normalized spacial score (nSPS) is 12.0. The molecule has 2 aromatic heterocycles. The molecule has 0 aliphatic rings. The maximum Gasteiger partial charge on any atom is 0.419 e. The molecule has 2 aromatic rings. The number of rotatable bonds is 3. The number of hydrogen-bond acceptors (Lipinski definition) is 5. The van der Waals surface area contributed by atoms with Gasteiger partial charge in [0.2, 0.25) is 0 Å². The minimum absolute atomic E-state index is 0.231. The summed E-state index contributed by atoms with van der Waals surface area (Å²) < 4.78 is 12.9. The van der Waals surface area contributed by atoms with Gasteiger partial charge < -0.3 is 9.47 Å². The molecule has 0 aliphatic heterocycles. The summed E-state index contributed by atoms with van der Waals surface area (Å²) in [6.45, 7) is 11.7. The molecule has 0 aliphatic carbocycles. The van der Waals surface area contributed by atoms with Gasteiger partial charge in [0, 0.05) is 6.20 Å². The Labute approximate surface area is 140 Å². The van der Waals surface area contributed by atoms with Crippen LogP contribution in [0.3, 0.4) is 0 Å². The third-order valence-corrected chi connectivity index (χ3v) is 4.34. The maximum absolute atomic E-state index is 12.4. The molecule has 0 spiro atoms. The fourth-order valence-corrected chi connectivity index (χ4v) is 3.41. The number of fused-ring (bicyclic) bond motifs is 1. The summed E-state index contributed by atoms with van der Waals surface area (Å²) in [6.07, 6.45) is 1.36. The van der Waals surface area contributed by atoms with Crippen LogP contribution in [0.4, 0.5) is 4.79 Å². The Kier molecular flexibility index (Phi) is 4.84. The first kappa shape index (κ1) is 17.5. The molecule has 0 saturated carbocycles. The van der Waals surface area contributed by atoms with Gasteiger partial charge in [0.25, 0.3) is 0 Å². The third kappa shape index (κ3) is 3.75. The summed E-state index contributed by atoms with van der Waals surface area (Å²) in [5.74, 6) is -0.131. The molecule has 0 atom stereocenters. The summed E-state index contributed by atoms with van der Waals surface area (Å²) >= 11 is 1.35. The summed E-state index contributed by atoms with van der Waals surface area (Å²) in [7, 11) is 0. The first-order valence-corrected chi connectivity index (χ1v) is 8.51. The smallest absolute Gasteiger partial charge is 0.419 e. The zero-order valence-electron chi connectivity index (χ0n) is 14.4. The van der Waals surface area contributed by atoms with Crippen LogP contribution in [0.15, 0.2) is 12.3 Å². The van der Waals surface area contributed by atoms with Crippen LogP contribution in [0, 0.1) is 0 Å². The number of hydrogen-bond donors (Lipinski definition) is 0. The average Bonchev–Trinajstić information content (AvgIpc) is 2.94. The van der Waals surface area contributed by atoms with Crippen molar-refractivity contribution in [2.75, 3.05) is 6.61 Å². The number of thiophene rings is 1. The molecule has 0 aromatic carbocycles. The van der Waals surface area contributed by atoms with Crippen LogP contribution in [0.2, 0.25) is 0 Å². The number of carbonyl (C=O) groups excluding carboxylic acids is 2. The lowest BCUT2D eigenvalue weighted by Crippen LogP contribution is -2.26. The largest absolute Gasteiger partial charge is 0.462 e. The molecule has 0 fully saturated rings. The highest BCUT2D eigenvalue weighted by molar-refractivity contribution is 7.21. The predicted molar refractivity (Wildman–Crippen MR) is 91.5 cm³/mol. The van der Waals surface area contributed by atoms with E-state index in [4.69, 9.17) is 9.47 Å². The third-order valence-electron chi connectivity index (χ3n) is 3.19. The monoisotopic (exact) mass is 337 g/mol. The van der Waals surface area contributed by atoms with Crippen molar-refractivity contribution in [3.63, 3.8) is 0 Å². The molecule has 2 rings (SSSR count). The predicted octanol–water partition coefficient (Wildman–Crippen LogP) is 4.79. The number of ether oxygens (including phenoxy) is 2. The van der Waals surface area contributed by atoms with Gasteiger partial charge >= 0.3 is 12.1 Å². The quantitative estimate of drug-likeness (QED) is 0.756. The molecule has 0 bridgehead atoms. The van der Waals surface area contributed by atoms with Crippen molar-refractivity contribution in [2.45, 2.75) is 53.1 Å². The molecule has 23 heavy (non-hydrogen) atoms. The second kappa shape index (κ2) is 6.35. The van der Waals surface area contributed by atoms with E-state index in [2.05, 4.69) is 13.8 Å². The summed E-state index contributed by atoms with van der Waals surface area (Å²) in [6, 6.07) is 1.70. The fourth-order valence-electron chi connectivity index (χ4n) is 2.21. The van der Waals surface area contributed by atoms with Crippen molar-refractivity contribution >= 4 is 33.6 Å². The molecule has 6 heteroatoms. The van der Waals surface area contributed by atoms with Gasteiger partial charge in [-0.3, -0.25) is 4.57 Å². The SMILES string of the molecule is CCOC(=O)c1cc2c(s1)c(C(C)C)cn2C(=O)OC(C)(C)C. The van der Waals surface area contributed by atoms with Crippen molar-refractivity contribution in [2.24, 2.45) is 0 Å². The van der Waals surface area contributed by atoms with Gasteiger partial charge in [0.05, 0.1) is 16.8 Å². The second-order valence-electron chi connectivity index (χ2n) is 6.63. The molecule has 0 saturated heterocycles. The van der Waals surface area contributed by atoms with Crippen LogP contribution in [0.5, 0.6) is 0 Å². The highest BCUT2D eigenvalue weighted by atomic mass is 32.1. The van der Waals surface area contributed by atoms with E-state index in [9.17, 15) is 9.59 Å². The van der Waals surface area contributed by atoms with E-state index in [-0.39, 0.29) is 11.9 Å². The first-order chi connectivity index (χ1) is 10.6. The summed E-state index contributed by atoms with van der Waals surface area (Å²) in [4.78, 5) is 24.9. The minimum Gasteiger partial charge on any atom is -0.462 e. The van der Waals surface area contributed by atoms with Gasteiger partial charge in [-0.2, -0.15) is 0 Å². The van der Waals surface area contributed by atoms with E-state index < -0.39 is 11.7 Å². The molecule has 126 valence electrons. The Morgan fingerprint density at radius 3 is 2.48 bits per heavy atom. The van der Waals surface area contributed by atoms with E-state index in [1.807, 2.05) is 20.8 Å². The van der Waals surface area contributed by atoms with E-state index >= 15 is 0 Å². The Morgan fingerprint density at radius 1 is 1.30 bits per heavy atom. The zero-order chi connectivity index (χ0) is 17.4. The van der Waals surface area contributed by atoms with Gasteiger partial charge in [-0.1, -0.05) is 13.8 Å². The van der Waals surface area contributed by atoms with E-state index in [0.29, 0.717) is 17.0 Å². The van der Waals surface area contributed by atoms with Gasteiger partial charge in [0.15, 0.2) is 0 Å². The molecule has 0 unspecified atom stereocenters. The second-order valence-corrected chi connectivity index (χ2v) is 7.69. The van der Waals surface area contributed by atoms with Crippen LogP contribution >= 0.6 is 11.3 Å². The number of carbonyl (C=O) groups is 2. The van der Waals surface area contributed by atoms with E-state index in [1.54, 1.807) is 19.2 Å². The molecule has 0 amide bonds. The Hall–Kier alpha value is -1.82. The van der Waals surface area contributed by atoms with Crippen molar-refractivity contribution in [3.8, 4) is 0 Å². The standard InChI is InChI=1S/C17H23NO4S/c1-7-21-15(19)13-8-12-14(23-13)11(10(2)3)9-18(12)16(20)22-17(4,5)6/h8-10H,7H2,1-6H3. The number of nitrogens with zero attached hydrogens (tertiary/aromatic N) is 1. The summed E-state index contributed by atoms with van der Waals surface area (Å²) in [5.41, 5.74) is 1.13. The van der Waals surface area contributed by atoms with E-state index in [0.717, 1.165) is 10.3 Å². The highest BCUT2D eigenvalue weighted by Crippen LogP contribution is 2.35. The summed E-state index contributed by atoms with van der Waals surface area (Å²) in [5, 5.41) is 0. The topological polar surface area (TPSA) is 57.5 Å². The molecule has 2 heterocycles. The van der Waals surface area contributed by atoms with Crippen molar-refractivity contribution < 1.29 is 19.1 Å². The molecule has 0 radical (unpaired) electrons. The lowest BCUT2D eigenvalue weighted by Gasteiger charge is -2.19. The average molecular weight is 337 g/mol. The molecule has 5 nitrogen and oxygen atoms in total. The van der Waals surface area contributed by atoms with Gasteiger partial charge in [0.1, 0.15) is 10.5 Å². The fraction of sp³-hybridized carbons (Fsp3) is 0.529. The minimum atomic E-state index is -0.578. The van der Waals surface area contributed by atoms with Crippen molar-refractivity contribution in [1.82, 2.24) is 4.57 Å². The van der Waals surface area contributed by atoms with Gasteiger partial charge in [-0.25, -0.2) is 9.59 Å². The van der Waals surface area contributed by atoms with E-state index in [1.165, 1.54) is 15.9 Å². The molecule has 0 N–H and O–H groups in total. The van der Waals surface area contributed by atoms with Crippen LogP contribution in [-0.2, 0) is 9.47 Å². The van der Waals surface area contributed by atoms with Crippen LogP contribution in [-0.4, -0.2) is 28.8 Å².